The zero-order valence-electron chi connectivity index (χ0n) is 16.6. The average Bonchev–Trinajstić information content (AvgIpc) is 3.09. The molecule has 0 radical (unpaired) electrons. The summed E-state index contributed by atoms with van der Waals surface area (Å²) in [7, 11) is 5.22. The third-order valence-electron chi connectivity index (χ3n) is 4.30. The lowest BCUT2D eigenvalue weighted by Gasteiger charge is -2.26. The molecule has 156 valence electrons. The molecule has 1 heterocycles. The van der Waals surface area contributed by atoms with Crippen LogP contribution in [0.3, 0.4) is 0 Å². The Balaban J connectivity index is 0.00000392. The maximum Gasteiger partial charge on any atom is 0.191 e. The molecular formula is C18H28F2IN7. The second-order valence-electron chi connectivity index (χ2n) is 6.29. The van der Waals surface area contributed by atoms with Crippen LogP contribution in [0.15, 0.2) is 29.5 Å². The predicted molar refractivity (Wildman–Crippen MR) is 117 cm³/mol. The largest absolute Gasteiger partial charge is 0.355 e. The number of aliphatic imine (C=N–C) groups is 1. The van der Waals surface area contributed by atoms with Gasteiger partial charge in [-0.1, -0.05) is 13.0 Å². The molecule has 0 bridgehead atoms. The first-order chi connectivity index (χ1) is 13.0. The van der Waals surface area contributed by atoms with Crippen LogP contribution in [0.25, 0.3) is 0 Å². The third-order valence-corrected chi connectivity index (χ3v) is 4.30. The molecule has 1 aromatic carbocycles. The van der Waals surface area contributed by atoms with Crippen LogP contribution in [-0.2, 0) is 13.0 Å². The fourth-order valence-electron chi connectivity index (χ4n) is 2.82. The number of aromatic nitrogens is 3. The Hall–Kier alpha value is -1.82. The number of nitrogens with one attached hydrogen (secondary N) is 2. The summed E-state index contributed by atoms with van der Waals surface area (Å²) in [6.45, 7) is 3.64. The van der Waals surface area contributed by atoms with Gasteiger partial charge in [0.05, 0.1) is 6.04 Å². The summed E-state index contributed by atoms with van der Waals surface area (Å²) in [5.41, 5.74) is 0.0440. The molecule has 1 atom stereocenters. The van der Waals surface area contributed by atoms with Crippen LogP contribution in [0, 0.1) is 11.6 Å². The van der Waals surface area contributed by atoms with Gasteiger partial charge in [0.25, 0.3) is 0 Å². The number of likely N-dealkylation sites (N-methyl/N-ethyl adjacent to an activating group) is 1. The number of aryl methyl sites for hydroxylation is 1. The van der Waals surface area contributed by atoms with E-state index >= 15 is 0 Å². The van der Waals surface area contributed by atoms with E-state index in [9.17, 15) is 8.78 Å². The zero-order valence-corrected chi connectivity index (χ0v) is 18.9. The Morgan fingerprint density at radius 3 is 2.50 bits per heavy atom. The highest BCUT2D eigenvalue weighted by atomic mass is 127. The smallest absolute Gasteiger partial charge is 0.191 e. The fourth-order valence-corrected chi connectivity index (χ4v) is 2.82. The number of halogens is 3. The first kappa shape index (κ1) is 24.2. The molecular weight excluding hydrogens is 479 g/mol. The minimum atomic E-state index is -0.557. The zero-order chi connectivity index (χ0) is 19.8. The molecule has 0 aliphatic rings. The Morgan fingerprint density at radius 2 is 1.93 bits per heavy atom. The summed E-state index contributed by atoms with van der Waals surface area (Å²) in [6, 6.07) is 3.43. The lowest BCUT2D eigenvalue weighted by atomic mass is 10.0. The van der Waals surface area contributed by atoms with Gasteiger partial charge in [-0.15, -0.1) is 34.2 Å². The summed E-state index contributed by atoms with van der Waals surface area (Å²) in [5, 5.41) is 14.3. The molecule has 0 aliphatic carbocycles. The van der Waals surface area contributed by atoms with Crippen LogP contribution in [0.2, 0.25) is 0 Å². The molecule has 0 aliphatic heterocycles. The average molecular weight is 507 g/mol. The molecule has 0 fully saturated rings. The van der Waals surface area contributed by atoms with Crippen LogP contribution in [0.4, 0.5) is 8.78 Å². The van der Waals surface area contributed by atoms with E-state index in [-0.39, 0.29) is 29.5 Å². The minimum absolute atomic E-state index is 0. The first-order valence-corrected chi connectivity index (χ1v) is 8.89. The molecule has 0 saturated heterocycles. The maximum absolute atomic E-state index is 14.1. The molecule has 0 amide bonds. The summed E-state index contributed by atoms with van der Waals surface area (Å²) in [6.07, 6.45) is 2.51. The molecule has 28 heavy (non-hydrogen) atoms. The van der Waals surface area contributed by atoms with Gasteiger partial charge in [-0.05, 0) is 26.2 Å². The Labute approximate surface area is 181 Å². The molecule has 2 aromatic rings. The van der Waals surface area contributed by atoms with Crippen molar-refractivity contribution in [2.45, 2.75) is 25.9 Å². The van der Waals surface area contributed by atoms with Crippen LogP contribution >= 0.6 is 24.0 Å². The van der Waals surface area contributed by atoms with Crippen molar-refractivity contribution in [3.05, 3.63) is 47.5 Å². The summed E-state index contributed by atoms with van der Waals surface area (Å²) in [5.74, 6) is 0.364. The van der Waals surface area contributed by atoms with E-state index in [2.05, 4.69) is 25.8 Å². The molecule has 2 rings (SSSR count). The summed E-state index contributed by atoms with van der Waals surface area (Å²) < 4.78 is 30.3. The third kappa shape index (κ3) is 6.36. The molecule has 0 spiro atoms. The maximum atomic E-state index is 14.1. The van der Waals surface area contributed by atoms with Gasteiger partial charge in [0.2, 0.25) is 0 Å². The molecule has 0 saturated carbocycles. The number of nitrogens with zero attached hydrogens (tertiary/aromatic N) is 5. The Morgan fingerprint density at radius 1 is 1.25 bits per heavy atom. The van der Waals surface area contributed by atoms with Crippen LogP contribution in [-0.4, -0.2) is 59.9 Å². The van der Waals surface area contributed by atoms with Gasteiger partial charge in [-0.2, -0.15) is 0 Å². The highest BCUT2D eigenvalue weighted by Crippen LogP contribution is 2.23. The first-order valence-electron chi connectivity index (χ1n) is 8.89. The minimum Gasteiger partial charge on any atom is -0.355 e. The standard InChI is InChI=1S/C18H27F2N7.HI/c1-5-16-25-24-12-27(16)10-9-22-18(21-2)23-11-15(26(3)4)17-13(19)7-6-8-14(17)20;/h6-8,12,15H,5,9-11H2,1-4H3,(H2,21,22,23);1H. The molecule has 1 aromatic heterocycles. The van der Waals surface area contributed by atoms with Crippen molar-refractivity contribution < 1.29 is 8.78 Å². The van der Waals surface area contributed by atoms with Crippen molar-refractivity contribution in [3.8, 4) is 0 Å². The van der Waals surface area contributed by atoms with Crippen LogP contribution in [0.5, 0.6) is 0 Å². The molecule has 7 nitrogen and oxygen atoms in total. The number of hydrogen-bond donors (Lipinski definition) is 2. The highest BCUT2D eigenvalue weighted by molar-refractivity contribution is 14.0. The van der Waals surface area contributed by atoms with Crippen molar-refractivity contribution in [2.75, 3.05) is 34.2 Å². The number of guanidine groups is 1. The van der Waals surface area contributed by atoms with Gasteiger partial charge >= 0.3 is 0 Å². The second kappa shape index (κ2) is 11.9. The number of hydrogen-bond acceptors (Lipinski definition) is 4. The second-order valence-corrected chi connectivity index (χ2v) is 6.29. The summed E-state index contributed by atoms with van der Waals surface area (Å²) in [4.78, 5) is 5.94. The molecule has 10 heteroatoms. The lowest BCUT2D eigenvalue weighted by Crippen LogP contribution is -2.43. The highest BCUT2D eigenvalue weighted by Gasteiger charge is 2.22. The van der Waals surface area contributed by atoms with E-state index in [4.69, 9.17) is 0 Å². The van der Waals surface area contributed by atoms with E-state index in [1.54, 1.807) is 32.4 Å². The Kier molecular flexibility index (Phi) is 10.3. The van der Waals surface area contributed by atoms with Crippen molar-refractivity contribution >= 4 is 29.9 Å². The van der Waals surface area contributed by atoms with Crippen molar-refractivity contribution in [3.63, 3.8) is 0 Å². The van der Waals surface area contributed by atoms with E-state index in [0.717, 1.165) is 12.2 Å². The van der Waals surface area contributed by atoms with E-state index < -0.39 is 17.7 Å². The molecule has 2 N–H and O–H groups in total. The van der Waals surface area contributed by atoms with Crippen LogP contribution in [0.1, 0.15) is 24.4 Å². The van der Waals surface area contributed by atoms with E-state index in [0.29, 0.717) is 25.6 Å². The quantitative estimate of drug-likeness (QED) is 0.326. The van der Waals surface area contributed by atoms with Crippen molar-refractivity contribution in [1.29, 1.82) is 0 Å². The summed E-state index contributed by atoms with van der Waals surface area (Å²) >= 11 is 0. The van der Waals surface area contributed by atoms with Crippen molar-refractivity contribution in [1.82, 2.24) is 30.3 Å². The van der Waals surface area contributed by atoms with Crippen molar-refractivity contribution in [2.24, 2.45) is 4.99 Å². The Bertz CT molecular complexity index is 744. The topological polar surface area (TPSA) is 70.4 Å². The number of benzene rings is 1. The van der Waals surface area contributed by atoms with Gasteiger partial charge in [-0.3, -0.25) is 4.99 Å². The normalized spacial score (nSPS) is 12.6. The monoisotopic (exact) mass is 507 g/mol. The number of rotatable bonds is 8. The fraction of sp³-hybridized carbons (Fsp3) is 0.500. The van der Waals surface area contributed by atoms with Crippen LogP contribution < -0.4 is 10.6 Å². The molecule has 1 unspecified atom stereocenters. The lowest BCUT2D eigenvalue weighted by molar-refractivity contribution is 0.282. The van der Waals surface area contributed by atoms with Gasteiger partial charge in [0.1, 0.15) is 23.8 Å². The van der Waals surface area contributed by atoms with Gasteiger partial charge < -0.3 is 20.1 Å². The van der Waals surface area contributed by atoms with E-state index in [1.807, 2.05) is 11.5 Å². The van der Waals surface area contributed by atoms with E-state index in [1.165, 1.54) is 18.2 Å². The van der Waals surface area contributed by atoms with Gasteiger partial charge in [-0.25, -0.2) is 8.78 Å². The van der Waals surface area contributed by atoms with Gasteiger partial charge in [0, 0.05) is 38.7 Å². The predicted octanol–water partition coefficient (Wildman–Crippen LogP) is 2.20. The van der Waals surface area contributed by atoms with Gasteiger partial charge in [0.15, 0.2) is 5.96 Å². The SMILES string of the molecule is CCc1nncn1CCNC(=NC)NCC(c1c(F)cccc1F)N(C)C.I.